The molecule has 2 N–H and O–H groups in total. The van der Waals surface area contributed by atoms with Gasteiger partial charge in [0.1, 0.15) is 0 Å². The van der Waals surface area contributed by atoms with Gasteiger partial charge in [0.25, 0.3) is 0 Å². The summed E-state index contributed by atoms with van der Waals surface area (Å²) < 4.78 is 0. The van der Waals surface area contributed by atoms with E-state index in [0.717, 1.165) is 12.8 Å². The molecule has 0 bridgehead atoms. The van der Waals surface area contributed by atoms with Crippen LogP contribution in [0.3, 0.4) is 0 Å². The van der Waals surface area contributed by atoms with Crippen molar-refractivity contribution in [3.8, 4) is 0 Å². The lowest BCUT2D eigenvalue weighted by Gasteiger charge is -2.31. The smallest absolute Gasteiger partial charge is 0.317 e. The number of β-amino-alcohol motifs (C(OH)–C–C–N with tert-alkyl or cyclic N) is 1. The molecule has 1 aliphatic heterocycles. The number of likely N-dealkylation sites (N-methyl/N-ethyl adjacent to an activating group) is 1. The van der Waals surface area contributed by atoms with Crippen molar-refractivity contribution >= 4 is 11.9 Å². The fourth-order valence-corrected chi connectivity index (χ4v) is 3.93. The lowest BCUT2D eigenvalue weighted by molar-refractivity contribution is -0.139. The molecule has 0 spiro atoms. The first kappa shape index (κ1) is 17.6. The van der Waals surface area contributed by atoms with Gasteiger partial charge >= 0.3 is 5.97 Å². The number of nitrogens with zero attached hydrogens (tertiary/aromatic N) is 3. The maximum Gasteiger partial charge on any atom is 0.317 e. The summed E-state index contributed by atoms with van der Waals surface area (Å²) in [5, 5.41) is 19.1. The van der Waals surface area contributed by atoms with E-state index in [1.54, 1.807) is 11.9 Å². The van der Waals surface area contributed by atoms with Gasteiger partial charge < -0.3 is 15.1 Å². The first-order valence-corrected chi connectivity index (χ1v) is 9.00. The van der Waals surface area contributed by atoms with Crippen molar-refractivity contribution in [3.63, 3.8) is 0 Å². The lowest BCUT2D eigenvalue weighted by Crippen LogP contribution is -2.47. The van der Waals surface area contributed by atoms with Gasteiger partial charge in [-0.3, -0.25) is 19.4 Å². The van der Waals surface area contributed by atoms with Crippen LogP contribution in [0.25, 0.3) is 0 Å². The van der Waals surface area contributed by atoms with Crippen molar-refractivity contribution < 1.29 is 19.8 Å². The highest BCUT2D eigenvalue weighted by atomic mass is 16.4. The average molecular weight is 339 g/mol. The highest BCUT2D eigenvalue weighted by Gasteiger charge is 2.43. The standard InChI is InChI=1S/C17H29N3O4/c1-11(12-3-4-12)20(13-5-6-13)16(22)9-19-7-14(15(21)8-19)18(2)10-17(23)24/h11-15,21H,3-10H2,1-2H3,(H,23,24)/t11?,14?,15-/m1/s1. The summed E-state index contributed by atoms with van der Waals surface area (Å²) in [7, 11) is 1.71. The zero-order chi connectivity index (χ0) is 17.4. The molecule has 3 atom stereocenters. The van der Waals surface area contributed by atoms with Gasteiger partial charge in [0.15, 0.2) is 0 Å². The molecule has 7 heteroatoms. The minimum absolute atomic E-state index is 0.101. The molecule has 7 nitrogen and oxygen atoms in total. The van der Waals surface area contributed by atoms with Gasteiger partial charge in [0.05, 0.1) is 19.2 Å². The van der Waals surface area contributed by atoms with Crippen molar-refractivity contribution in [2.75, 3.05) is 33.2 Å². The van der Waals surface area contributed by atoms with Gasteiger partial charge in [0.2, 0.25) is 5.91 Å². The first-order valence-electron chi connectivity index (χ1n) is 9.00. The summed E-state index contributed by atoms with van der Waals surface area (Å²) in [6.45, 7) is 3.35. The SMILES string of the molecule is CC(C1CC1)N(C(=O)CN1CC(N(C)CC(=O)O)[C@H](O)C1)C1CC1. The first-order chi connectivity index (χ1) is 11.4. The molecule has 3 rings (SSSR count). The van der Waals surface area contributed by atoms with Gasteiger partial charge in [-0.25, -0.2) is 0 Å². The fraction of sp³-hybridized carbons (Fsp3) is 0.882. The summed E-state index contributed by atoms with van der Waals surface area (Å²) in [5.41, 5.74) is 0. The quantitative estimate of drug-likeness (QED) is 0.639. The van der Waals surface area contributed by atoms with Crippen molar-refractivity contribution in [1.82, 2.24) is 14.7 Å². The van der Waals surface area contributed by atoms with Crippen LogP contribution in [-0.4, -0.2) is 94.2 Å². The Morgan fingerprint density at radius 1 is 1.21 bits per heavy atom. The van der Waals surface area contributed by atoms with Crippen LogP contribution in [0.1, 0.15) is 32.6 Å². The zero-order valence-corrected chi connectivity index (χ0v) is 14.6. The number of likely N-dealkylation sites (tertiary alicyclic amines) is 1. The number of aliphatic carboxylic acids is 1. The Labute approximate surface area is 143 Å². The molecule has 136 valence electrons. The van der Waals surface area contributed by atoms with Crippen molar-refractivity contribution in [1.29, 1.82) is 0 Å². The number of hydrogen-bond donors (Lipinski definition) is 2. The second-order valence-electron chi connectivity index (χ2n) is 7.75. The molecular formula is C17H29N3O4. The Kier molecular flexibility index (Phi) is 5.13. The summed E-state index contributed by atoms with van der Waals surface area (Å²) >= 11 is 0. The number of aliphatic hydroxyl groups is 1. The van der Waals surface area contributed by atoms with E-state index in [2.05, 4.69) is 11.8 Å². The third-order valence-corrected chi connectivity index (χ3v) is 5.62. The number of carbonyl (C=O) groups is 2. The molecule has 1 saturated heterocycles. The van der Waals surface area contributed by atoms with Gasteiger partial charge in [0, 0.05) is 31.2 Å². The number of carboxylic acids is 1. The number of carbonyl (C=O) groups excluding carboxylic acids is 1. The van der Waals surface area contributed by atoms with Crippen LogP contribution in [0.2, 0.25) is 0 Å². The minimum Gasteiger partial charge on any atom is -0.480 e. The topological polar surface area (TPSA) is 84.3 Å². The van der Waals surface area contributed by atoms with Crippen molar-refractivity contribution in [2.24, 2.45) is 5.92 Å². The summed E-state index contributed by atoms with van der Waals surface area (Å²) in [6.07, 6.45) is 4.05. The number of hydrogen-bond acceptors (Lipinski definition) is 5. The normalized spacial score (nSPS) is 29.0. The third kappa shape index (κ3) is 4.07. The molecule has 0 aromatic rings. The Morgan fingerprint density at radius 2 is 1.88 bits per heavy atom. The predicted molar refractivity (Wildman–Crippen MR) is 88.6 cm³/mol. The molecule has 2 saturated carbocycles. The van der Waals surface area contributed by atoms with Crippen LogP contribution in [-0.2, 0) is 9.59 Å². The highest BCUT2D eigenvalue weighted by molar-refractivity contribution is 5.79. The van der Waals surface area contributed by atoms with E-state index in [1.165, 1.54) is 12.8 Å². The summed E-state index contributed by atoms with van der Waals surface area (Å²) in [4.78, 5) is 29.4. The fourth-order valence-electron chi connectivity index (χ4n) is 3.93. The second-order valence-corrected chi connectivity index (χ2v) is 7.75. The highest BCUT2D eigenvalue weighted by Crippen LogP contribution is 2.39. The third-order valence-electron chi connectivity index (χ3n) is 5.62. The van der Waals surface area contributed by atoms with Crippen LogP contribution < -0.4 is 0 Å². The van der Waals surface area contributed by atoms with Gasteiger partial charge in [-0.1, -0.05) is 0 Å². The average Bonchev–Trinajstić information content (AvgIpc) is 3.37. The second kappa shape index (κ2) is 6.98. The number of aliphatic hydroxyl groups excluding tert-OH is 1. The molecule has 3 aliphatic rings. The molecule has 2 unspecified atom stereocenters. The van der Waals surface area contributed by atoms with Gasteiger partial charge in [-0.05, 0) is 45.6 Å². The number of amides is 1. The molecule has 0 radical (unpaired) electrons. The Hall–Kier alpha value is -1.18. The molecule has 2 aliphatic carbocycles. The van der Waals surface area contributed by atoms with E-state index in [1.807, 2.05) is 4.90 Å². The molecule has 1 amide bonds. The predicted octanol–water partition coefficient (Wildman–Crippen LogP) is -0.163. The van der Waals surface area contributed by atoms with Crippen LogP contribution >= 0.6 is 0 Å². The lowest BCUT2D eigenvalue weighted by atomic mass is 10.1. The van der Waals surface area contributed by atoms with Crippen LogP contribution in [0, 0.1) is 5.92 Å². The van der Waals surface area contributed by atoms with Crippen molar-refractivity contribution in [2.45, 2.75) is 56.8 Å². The van der Waals surface area contributed by atoms with Crippen LogP contribution in [0.4, 0.5) is 0 Å². The molecule has 3 fully saturated rings. The van der Waals surface area contributed by atoms with E-state index in [-0.39, 0.29) is 18.5 Å². The minimum atomic E-state index is -0.905. The summed E-state index contributed by atoms with van der Waals surface area (Å²) in [5.74, 6) is -0.0869. The van der Waals surface area contributed by atoms with Crippen molar-refractivity contribution in [3.05, 3.63) is 0 Å². The molecule has 0 aromatic carbocycles. The van der Waals surface area contributed by atoms with E-state index in [0.29, 0.717) is 37.6 Å². The molecular weight excluding hydrogens is 310 g/mol. The molecule has 0 aromatic heterocycles. The Morgan fingerprint density at radius 3 is 2.42 bits per heavy atom. The monoisotopic (exact) mass is 339 g/mol. The number of carboxylic acid groups (broad SMARTS) is 1. The maximum absolute atomic E-state index is 12.8. The summed E-state index contributed by atoms with van der Waals surface area (Å²) in [6, 6.07) is 0.498. The Balaban J connectivity index is 1.55. The van der Waals surface area contributed by atoms with E-state index in [9.17, 15) is 14.7 Å². The molecule has 1 heterocycles. The van der Waals surface area contributed by atoms with Gasteiger partial charge in [-0.2, -0.15) is 0 Å². The van der Waals surface area contributed by atoms with Crippen LogP contribution in [0.15, 0.2) is 0 Å². The zero-order valence-electron chi connectivity index (χ0n) is 14.6. The largest absolute Gasteiger partial charge is 0.480 e. The van der Waals surface area contributed by atoms with E-state index < -0.39 is 12.1 Å². The molecule has 24 heavy (non-hydrogen) atoms. The van der Waals surface area contributed by atoms with Gasteiger partial charge in [-0.15, -0.1) is 0 Å². The maximum atomic E-state index is 12.8. The van der Waals surface area contributed by atoms with E-state index in [4.69, 9.17) is 5.11 Å². The number of rotatable bonds is 8. The van der Waals surface area contributed by atoms with E-state index >= 15 is 0 Å². The Bertz CT molecular complexity index is 492. The van der Waals surface area contributed by atoms with Crippen LogP contribution in [0.5, 0.6) is 0 Å².